The van der Waals surface area contributed by atoms with Crippen LogP contribution in [0.25, 0.3) is 21.3 Å². The molecule has 2 aromatic heterocycles. The number of hydrogen-bond acceptors (Lipinski definition) is 5. The molecule has 25 heavy (non-hydrogen) atoms. The van der Waals surface area contributed by atoms with Gasteiger partial charge in [0.1, 0.15) is 17.3 Å². The molecule has 1 aliphatic heterocycles. The Kier molecular flexibility index (Phi) is 4.83. The quantitative estimate of drug-likeness (QED) is 0.643. The summed E-state index contributed by atoms with van der Waals surface area (Å²) in [7, 11) is 0. The first-order chi connectivity index (χ1) is 12.2. The summed E-state index contributed by atoms with van der Waals surface area (Å²) in [5.74, 6) is 0.566. The van der Waals surface area contributed by atoms with Crippen LogP contribution < -0.4 is 4.74 Å². The standard InChI is InChI=1S/C18H16ClFN2O2S/c19-18-14-5-8-25-17(14)16(21-22-18)13-2-1-12(20)9-15(13)24-10-11-3-6-23-7-4-11/h1-2,5,8-9,11H,3-4,6-7,10H2. The number of hydrogen-bond donors (Lipinski definition) is 0. The summed E-state index contributed by atoms with van der Waals surface area (Å²) >= 11 is 7.64. The SMILES string of the molecule is Fc1ccc(-c2nnc(Cl)c3ccsc23)c(OCC2CCOCC2)c1. The second-order valence-corrected chi connectivity index (χ2v) is 7.28. The predicted octanol–water partition coefficient (Wildman–Crippen LogP) is 4.96. The maximum atomic E-state index is 13.8. The van der Waals surface area contributed by atoms with E-state index < -0.39 is 0 Å². The van der Waals surface area contributed by atoms with E-state index in [1.54, 1.807) is 6.07 Å². The van der Waals surface area contributed by atoms with Crippen LogP contribution in [0.5, 0.6) is 5.75 Å². The highest BCUT2D eigenvalue weighted by molar-refractivity contribution is 7.17. The Morgan fingerprint density at radius 3 is 2.92 bits per heavy atom. The van der Waals surface area contributed by atoms with E-state index in [2.05, 4.69) is 10.2 Å². The van der Waals surface area contributed by atoms with E-state index in [0.29, 0.717) is 29.1 Å². The van der Waals surface area contributed by atoms with Crippen molar-refractivity contribution in [1.29, 1.82) is 0 Å². The summed E-state index contributed by atoms with van der Waals surface area (Å²) in [6, 6.07) is 6.41. The van der Waals surface area contributed by atoms with E-state index in [0.717, 1.165) is 41.7 Å². The predicted molar refractivity (Wildman–Crippen MR) is 96.9 cm³/mol. The van der Waals surface area contributed by atoms with E-state index >= 15 is 0 Å². The highest BCUT2D eigenvalue weighted by Gasteiger charge is 2.19. The van der Waals surface area contributed by atoms with Gasteiger partial charge in [0.05, 0.1) is 11.3 Å². The fourth-order valence-corrected chi connectivity index (χ4v) is 4.10. The largest absolute Gasteiger partial charge is 0.492 e. The molecule has 3 heterocycles. The van der Waals surface area contributed by atoms with Gasteiger partial charge in [-0.3, -0.25) is 0 Å². The molecule has 4 rings (SSSR count). The van der Waals surface area contributed by atoms with Crippen LogP contribution >= 0.6 is 22.9 Å². The Labute approximate surface area is 153 Å². The van der Waals surface area contributed by atoms with Crippen molar-refractivity contribution >= 4 is 33.0 Å². The summed E-state index contributed by atoms with van der Waals surface area (Å²) < 4.78 is 26.1. The Morgan fingerprint density at radius 1 is 1.24 bits per heavy atom. The van der Waals surface area contributed by atoms with Crippen molar-refractivity contribution in [2.45, 2.75) is 12.8 Å². The van der Waals surface area contributed by atoms with Gasteiger partial charge in [0, 0.05) is 30.2 Å². The molecule has 0 spiro atoms. The number of rotatable bonds is 4. The Morgan fingerprint density at radius 2 is 2.08 bits per heavy atom. The van der Waals surface area contributed by atoms with Crippen LogP contribution in [-0.4, -0.2) is 30.0 Å². The van der Waals surface area contributed by atoms with Crippen LogP contribution in [0.3, 0.4) is 0 Å². The van der Waals surface area contributed by atoms with Gasteiger partial charge in [0.2, 0.25) is 0 Å². The average Bonchev–Trinajstić information content (AvgIpc) is 3.13. The van der Waals surface area contributed by atoms with Crippen LogP contribution in [0, 0.1) is 11.7 Å². The van der Waals surface area contributed by atoms with Crippen LogP contribution in [0.2, 0.25) is 5.15 Å². The molecule has 0 bridgehead atoms. The number of nitrogens with zero attached hydrogens (tertiary/aromatic N) is 2. The van der Waals surface area contributed by atoms with Gasteiger partial charge in [-0.25, -0.2) is 4.39 Å². The van der Waals surface area contributed by atoms with Gasteiger partial charge in [-0.15, -0.1) is 21.5 Å². The summed E-state index contributed by atoms with van der Waals surface area (Å²) in [6.45, 7) is 2.04. The number of aromatic nitrogens is 2. The summed E-state index contributed by atoms with van der Waals surface area (Å²) in [6.07, 6.45) is 1.92. The van der Waals surface area contributed by atoms with Gasteiger partial charge in [-0.2, -0.15) is 0 Å². The molecule has 0 unspecified atom stereocenters. The van der Waals surface area contributed by atoms with Crippen molar-refractivity contribution in [3.05, 3.63) is 40.6 Å². The van der Waals surface area contributed by atoms with Gasteiger partial charge < -0.3 is 9.47 Å². The third-order valence-electron chi connectivity index (χ3n) is 4.35. The maximum Gasteiger partial charge on any atom is 0.160 e. The minimum absolute atomic E-state index is 0.338. The van der Waals surface area contributed by atoms with Crippen LogP contribution in [0.1, 0.15) is 12.8 Å². The van der Waals surface area contributed by atoms with Crippen LogP contribution in [0.15, 0.2) is 29.6 Å². The van der Waals surface area contributed by atoms with Gasteiger partial charge in [0.25, 0.3) is 0 Å². The lowest BCUT2D eigenvalue weighted by Gasteiger charge is -2.22. The molecule has 0 N–H and O–H groups in total. The molecule has 130 valence electrons. The highest BCUT2D eigenvalue weighted by atomic mass is 35.5. The number of benzene rings is 1. The summed E-state index contributed by atoms with van der Waals surface area (Å²) in [5.41, 5.74) is 1.39. The van der Waals surface area contributed by atoms with Gasteiger partial charge in [-0.05, 0) is 42.3 Å². The molecule has 0 saturated carbocycles. The third kappa shape index (κ3) is 3.47. The monoisotopic (exact) mass is 378 g/mol. The van der Waals surface area contributed by atoms with Crippen molar-refractivity contribution in [1.82, 2.24) is 10.2 Å². The number of ether oxygens (including phenoxy) is 2. The first-order valence-electron chi connectivity index (χ1n) is 8.12. The minimum Gasteiger partial charge on any atom is -0.492 e. The molecule has 3 aromatic rings. The van der Waals surface area contributed by atoms with Crippen molar-refractivity contribution in [3.63, 3.8) is 0 Å². The lowest BCUT2D eigenvalue weighted by Crippen LogP contribution is -2.21. The van der Waals surface area contributed by atoms with Crippen molar-refractivity contribution in [2.75, 3.05) is 19.8 Å². The third-order valence-corrected chi connectivity index (χ3v) is 5.55. The van der Waals surface area contributed by atoms with E-state index in [1.165, 1.54) is 23.5 Å². The molecular weight excluding hydrogens is 363 g/mol. The molecule has 1 aliphatic rings. The van der Waals surface area contributed by atoms with Gasteiger partial charge >= 0.3 is 0 Å². The zero-order chi connectivity index (χ0) is 17.2. The van der Waals surface area contributed by atoms with Gasteiger partial charge in [0.15, 0.2) is 5.15 Å². The van der Waals surface area contributed by atoms with E-state index in [9.17, 15) is 4.39 Å². The second-order valence-electron chi connectivity index (χ2n) is 6.01. The second kappa shape index (κ2) is 7.23. The number of thiophene rings is 1. The van der Waals surface area contributed by atoms with E-state index in [1.807, 2.05) is 11.4 Å². The topological polar surface area (TPSA) is 44.2 Å². The lowest BCUT2D eigenvalue weighted by molar-refractivity contribution is 0.0498. The molecule has 7 heteroatoms. The highest BCUT2D eigenvalue weighted by Crippen LogP contribution is 2.38. The molecule has 0 atom stereocenters. The summed E-state index contributed by atoms with van der Waals surface area (Å²) in [5, 5.41) is 11.4. The lowest BCUT2D eigenvalue weighted by atomic mass is 10.0. The fourth-order valence-electron chi connectivity index (χ4n) is 2.96. The Hall–Kier alpha value is -1.76. The molecule has 0 aliphatic carbocycles. The van der Waals surface area contributed by atoms with Crippen LogP contribution in [-0.2, 0) is 4.74 Å². The molecule has 0 amide bonds. The minimum atomic E-state index is -0.338. The van der Waals surface area contributed by atoms with Gasteiger partial charge in [-0.1, -0.05) is 11.6 Å². The molecule has 1 fully saturated rings. The normalized spacial score (nSPS) is 15.6. The molecule has 4 nitrogen and oxygen atoms in total. The number of fused-ring (bicyclic) bond motifs is 1. The van der Waals surface area contributed by atoms with Crippen molar-refractivity contribution in [3.8, 4) is 17.0 Å². The van der Waals surface area contributed by atoms with Crippen molar-refractivity contribution in [2.24, 2.45) is 5.92 Å². The molecular formula is C18H16ClFN2O2S. The zero-order valence-electron chi connectivity index (χ0n) is 13.4. The molecule has 0 radical (unpaired) electrons. The Balaban J connectivity index is 1.69. The van der Waals surface area contributed by atoms with Crippen LogP contribution in [0.4, 0.5) is 4.39 Å². The Bertz CT molecular complexity index is 896. The van der Waals surface area contributed by atoms with E-state index in [-0.39, 0.29) is 5.82 Å². The first-order valence-corrected chi connectivity index (χ1v) is 9.38. The summed E-state index contributed by atoms with van der Waals surface area (Å²) in [4.78, 5) is 0. The number of halogens is 2. The first kappa shape index (κ1) is 16.7. The zero-order valence-corrected chi connectivity index (χ0v) is 14.9. The fraction of sp³-hybridized carbons (Fsp3) is 0.333. The molecule has 1 saturated heterocycles. The van der Waals surface area contributed by atoms with Crippen molar-refractivity contribution < 1.29 is 13.9 Å². The smallest absolute Gasteiger partial charge is 0.160 e. The maximum absolute atomic E-state index is 13.8. The molecule has 1 aromatic carbocycles. The van der Waals surface area contributed by atoms with E-state index in [4.69, 9.17) is 21.1 Å². The average molecular weight is 379 g/mol.